The van der Waals surface area contributed by atoms with E-state index in [9.17, 15) is 14.2 Å². The zero-order valence-corrected chi connectivity index (χ0v) is 33.0. The van der Waals surface area contributed by atoms with Crippen molar-refractivity contribution in [1.82, 2.24) is 24.7 Å². The lowest BCUT2D eigenvalue weighted by Gasteiger charge is -2.43. The number of benzene rings is 2. The minimum absolute atomic E-state index is 0.229. The van der Waals surface area contributed by atoms with Gasteiger partial charge in [-0.1, -0.05) is 19.1 Å². The maximum absolute atomic E-state index is 13.2. The summed E-state index contributed by atoms with van der Waals surface area (Å²) in [6.07, 6.45) is 4.16. The lowest BCUT2D eigenvalue weighted by molar-refractivity contribution is 0.00901. The molecule has 0 aliphatic carbocycles. The Morgan fingerprint density at radius 2 is 1.65 bits per heavy atom. The fourth-order valence-electron chi connectivity index (χ4n) is 6.76. The first-order valence-electron chi connectivity index (χ1n) is 18.0. The number of hydrogen-bond donors (Lipinski definition) is 2. The fourth-order valence-corrected chi connectivity index (χ4v) is 7.91. The quantitative estimate of drug-likeness (QED) is 0.238. The Balaban J connectivity index is 1.31. The minimum Gasteiger partial charge on any atom is -0.494 e. The summed E-state index contributed by atoms with van der Waals surface area (Å²) in [4.78, 5) is 43.2. The predicted octanol–water partition coefficient (Wildman–Crippen LogP) is 6.01. The van der Waals surface area contributed by atoms with Crippen molar-refractivity contribution in [2.75, 3.05) is 89.3 Å². The second-order valence-corrected chi connectivity index (χ2v) is 18.2. The number of carbonyl (C=O) groups excluding carboxylic acids is 2. The van der Waals surface area contributed by atoms with E-state index in [2.05, 4.69) is 44.5 Å². The van der Waals surface area contributed by atoms with Crippen molar-refractivity contribution >= 4 is 53.3 Å². The number of nitrogens with one attached hydrogen (secondary N) is 2. The van der Waals surface area contributed by atoms with Gasteiger partial charge in [-0.15, -0.1) is 0 Å². The van der Waals surface area contributed by atoms with E-state index in [1.54, 1.807) is 34.5 Å². The van der Waals surface area contributed by atoms with Crippen LogP contribution >= 0.6 is 7.14 Å². The zero-order chi connectivity index (χ0) is 37.8. The molecule has 0 bridgehead atoms. The van der Waals surface area contributed by atoms with E-state index in [0.717, 1.165) is 51.1 Å². The van der Waals surface area contributed by atoms with Crippen LogP contribution in [0.5, 0.6) is 5.75 Å². The molecule has 5 rings (SSSR count). The predicted molar refractivity (Wildman–Crippen MR) is 209 cm³/mol. The van der Waals surface area contributed by atoms with Crippen molar-refractivity contribution in [3.05, 3.63) is 53.7 Å². The SMILES string of the molecule is CCc1cc(Nc2ncc(C(=O)N(C)C)c(Nc3ccccc3P(C)(C)=O)n2)c(OC)cc1N1CCC(N2CCN(C(=O)OC(C)(C)C)CC2)CC1. The molecule has 2 amide bonds. The van der Waals surface area contributed by atoms with E-state index in [0.29, 0.717) is 47.4 Å². The normalized spacial score (nSPS) is 16.0. The molecule has 2 aromatic carbocycles. The van der Waals surface area contributed by atoms with Gasteiger partial charge in [0.1, 0.15) is 29.9 Å². The Labute approximate surface area is 308 Å². The van der Waals surface area contributed by atoms with Crippen molar-refractivity contribution in [3.63, 3.8) is 0 Å². The monoisotopic (exact) mass is 734 g/mol. The Kier molecular flexibility index (Phi) is 12.1. The molecular weight excluding hydrogens is 679 g/mol. The number of aromatic nitrogens is 2. The van der Waals surface area contributed by atoms with Gasteiger partial charge in [0.25, 0.3) is 5.91 Å². The van der Waals surface area contributed by atoms with Gasteiger partial charge in [-0.2, -0.15) is 4.98 Å². The van der Waals surface area contributed by atoms with Crippen molar-refractivity contribution in [2.24, 2.45) is 0 Å². The number of rotatable bonds is 10. The van der Waals surface area contributed by atoms with E-state index in [4.69, 9.17) is 14.5 Å². The van der Waals surface area contributed by atoms with E-state index in [-0.39, 0.29) is 23.5 Å². The molecule has 2 N–H and O–H groups in total. The highest BCUT2D eigenvalue weighted by atomic mass is 31.2. The van der Waals surface area contributed by atoms with Crippen molar-refractivity contribution in [2.45, 2.75) is 58.6 Å². The number of amides is 2. The van der Waals surface area contributed by atoms with Gasteiger partial charge < -0.3 is 39.4 Å². The first kappa shape index (κ1) is 38.9. The summed E-state index contributed by atoms with van der Waals surface area (Å²) in [5.41, 5.74) is 3.45. The lowest BCUT2D eigenvalue weighted by Crippen LogP contribution is -2.55. The summed E-state index contributed by atoms with van der Waals surface area (Å²) in [5.74, 6) is 0.983. The van der Waals surface area contributed by atoms with E-state index < -0.39 is 12.7 Å². The van der Waals surface area contributed by atoms with Gasteiger partial charge in [-0.3, -0.25) is 9.69 Å². The maximum Gasteiger partial charge on any atom is 0.410 e. The van der Waals surface area contributed by atoms with Crippen LogP contribution in [0.3, 0.4) is 0 Å². The zero-order valence-electron chi connectivity index (χ0n) is 32.2. The van der Waals surface area contributed by atoms with Gasteiger partial charge in [0.15, 0.2) is 0 Å². The highest BCUT2D eigenvalue weighted by Crippen LogP contribution is 2.39. The Hall–Kier alpha value is -4.35. The summed E-state index contributed by atoms with van der Waals surface area (Å²) in [5, 5.41) is 7.29. The van der Waals surface area contributed by atoms with E-state index >= 15 is 0 Å². The summed E-state index contributed by atoms with van der Waals surface area (Å²) < 4.78 is 24.6. The second-order valence-electron chi connectivity index (χ2n) is 15.0. The molecule has 2 aliphatic heterocycles. The molecule has 0 atom stereocenters. The number of para-hydroxylation sites is 1. The molecule has 2 fully saturated rings. The number of anilines is 5. The topological polar surface area (TPSA) is 132 Å². The average molecular weight is 735 g/mol. The van der Waals surface area contributed by atoms with Gasteiger partial charge in [0.05, 0.1) is 18.5 Å². The number of piperazine rings is 1. The maximum atomic E-state index is 13.2. The highest BCUT2D eigenvalue weighted by Gasteiger charge is 2.31. The van der Waals surface area contributed by atoms with Crippen LogP contribution in [0.2, 0.25) is 0 Å². The van der Waals surface area contributed by atoms with Crippen LogP contribution in [-0.4, -0.2) is 122 Å². The highest BCUT2D eigenvalue weighted by molar-refractivity contribution is 7.70. The largest absolute Gasteiger partial charge is 0.494 e. The molecule has 3 heterocycles. The van der Waals surface area contributed by atoms with Gasteiger partial charge in [-0.25, -0.2) is 9.78 Å². The number of ether oxygens (including phenoxy) is 2. The van der Waals surface area contributed by atoms with E-state index in [1.807, 2.05) is 49.9 Å². The van der Waals surface area contributed by atoms with Crippen molar-refractivity contribution < 1.29 is 23.6 Å². The van der Waals surface area contributed by atoms with Gasteiger partial charge in [0.2, 0.25) is 5.95 Å². The number of nitrogens with zero attached hydrogens (tertiary/aromatic N) is 6. The van der Waals surface area contributed by atoms with Crippen LogP contribution in [0.25, 0.3) is 0 Å². The van der Waals surface area contributed by atoms with Crippen molar-refractivity contribution in [1.29, 1.82) is 0 Å². The minimum atomic E-state index is -2.63. The first-order chi connectivity index (χ1) is 24.6. The molecule has 14 heteroatoms. The van der Waals surface area contributed by atoms with E-state index in [1.165, 1.54) is 16.7 Å². The third-order valence-corrected chi connectivity index (χ3v) is 11.0. The molecule has 1 aromatic heterocycles. The standard InChI is InChI=1S/C38H55N8O5P/c1-10-26-23-30(41-36-39-25-28(35(47)43(5)6)34(42-36)40-29-13-11-12-14-33(29)52(8,9)49)32(50-7)24-31(26)45-17-15-27(16-18-45)44-19-21-46(22-20-44)37(48)51-38(2,3)4/h11-14,23-25,27H,10,15-22H2,1-9H3,(H2,39,40,41,42). The molecule has 3 aromatic rings. The van der Waals surface area contributed by atoms with Gasteiger partial charge in [0, 0.05) is 82.7 Å². The average Bonchev–Trinajstić information content (AvgIpc) is 3.10. The molecule has 2 saturated heterocycles. The number of methoxy groups -OCH3 is 1. The number of piperidine rings is 1. The van der Waals surface area contributed by atoms with Crippen LogP contribution in [0.1, 0.15) is 56.5 Å². The van der Waals surface area contributed by atoms with Gasteiger partial charge >= 0.3 is 6.09 Å². The molecule has 0 unspecified atom stereocenters. The Morgan fingerprint density at radius 3 is 2.25 bits per heavy atom. The molecule has 2 aliphatic rings. The second kappa shape index (κ2) is 16.1. The van der Waals surface area contributed by atoms with Crippen molar-refractivity contribution in [3.8, 4) is 5.75 Å². The molecule has 0 saturated carbocycles. The molecule has 282 valence electrons. The van der Waals surface area contributed by atoms with Crippen LogP contribution in [0.15, 0.2) is 42.6 Å². The smallest absolute Gasteiger partial charge is 0.410 e. The fraction of sp³-hybridized carbons (Fsp3) is 0.526. The molecule has 0 radical (unpaired) electrons. The number of aryl methyl sites for hydroxylation is 1. The first-order valence-corrected chi connectivity index (χ1v) is 20.6. The third-order valence-electron chi connectivity index (χ3n) is 9.48. The van der Waals surface area contributed by atoms with Gasteiger partial charge in [-0.05, 0) is 77.1 Å². The number of hydrogen-bond acceptors (Lipinski definition) is 11. The summed E-state index contributed by atoms with van der Waals surface area (Å²) >= 11 is 0. The Bertz CT molecular complexity index is 1790. The third kappa shape index (κ3) is 9.35. The molecule has 52 heavy (non-hydrogen) atoms. The molecular formula is C38H55N8O5P. The van der Waals surface area contributed by atoms with Crippen LogP contribution in [0, 0.1) is 0 Å². The summed E-state index contributed by atoms with van der Waals surface area (Å²) in [6, 6.07) is 12.0. The van der Waals surface area contributed by atoms with Crippen LogP contribution < -0.4 is 25.6 Å². The van der Waals surface area contributed by atoms with Crippen LogP contribution in [-0.2, 0) is 15.7 Å². The Morgan fingerprint density at radius 1 is 0.981 bits per heavy atom. The number of carbonyl (C=O) groups is 2. The molecule has 0 spiro atoms. The van der Waals surface area contributed by atoms with Crippen LogP contribution in [0.4, 0.5) is 33.6 Å². The molecule has 13 nitrogen and oxygen atoms in total. The lowest BCUT2D eigenvalue weighted by atomic mass is 9.99. The summed E-state index contributed by atoms with van der Waals surface area (Å²) in [6.45, 7) is 16.2. The summed E-state index contributed by atoms with van der Waals surface area (Å²) in [7, 11) is 2.37.